The van der Waals surface area contributed by atoms with E-state index < -0.39 is 0 Å². The van der Waals surface area contributed by atoms with Gasteiger partial charge in [0.15, 0.2) is 0 Å². The maximum absolute atomic E-state index is 3.97. The molecule has 0 aliphatic heterocycles. The van der Waals surface area contributed by atoms with Gasteiger partial charge < -0.3 is 5.32 Å². The van der Waals surface area contributed by atoms with E-state index in [0.717, 1.165) is 29.8 Å². The predicted molar refractivity (Wildman–Crippen MR) is 75.1 cm³/mol. The molecule has 0 amide bonds. The summed E-state index contributed by atoms with van der Waals surface area (Å²) in [6, 6.07) is 1.65. The second kappa shape index (κ2) is 6.22. The Morgan fingerprint density at radius 3 is 2.35 bits per heavy atom. The Kier molecular flexibility index (Phi) is 4.90. The third-order valence-corrected chi connectivity index (χ3v) is 5.43. The molecule has 0 saturated heterocycles. The molecule has 1 nitrogen and oxygen atoms in total. The van der Waals surface area contributed by atoms with Crippen LogP contribution in [0.1, 0.15) is 72.1 Å². The lowest BCUT2D eigenvalue weighted by Crippen LogP contribution is -2.44. The Morgan fingerprint density at radius 1 is 0.882 bits per heavy atom. The van der Waals surface area contributed by atoms with Gasteiger partial charge in [0.2, 0.25) is 0 Å². The Balaban J connectivity index is 1.76. The van der Waals surface area contributed by atoms with Gasteiger partial charge >= 0.3 is 0 Å². The third-order valence-electron chi connectivity index (χ3n) is 5.43. The molecule has 0 bridgehead atoms. The van der Waals surface area contributed by atoms with Crippen molar-refractivity contribution in [1.82, 2.24) is 5.32 Å². The summed E-state index contributed by atoms with van der Waals surface area (Å²) in [5.74, 6) is 2.87. The monoisotopic (exact) mass is 237 g/mol. The molecule has 17 heavy (non-hydrogen) atoms. The minimum atomic E-state index is 0.821. The molecule has 1 heteroatoms. The van der Waals surface area contributed by atoms with Crippen LogP contribution in [0.5, 0.6) is 0 Å². The fourth-order valence-electron chi connectivity index (χ4n) is 3.85. The Bertz CT molecular complexity index is 222. The average molecular weight is 237 g/mol. The normalized spacial score (nSPS) is 43.6. The van der Waals surface area contributed by atoms with Gasteiger partial charge in [0.25, 0.3) is 0 Å². The van der Waals surface area contributed by atoms with Crippen molar-refractivity contribution in [2.45, 2.75) is 84.2 Å². The second-order valence-corrected chi connectivity index (χ2v) is 6.77. The van der Waals surface area contributed by atoms with Crippen molar-refractivity contribution >= 4 is 0 Å². The minimum absolute atomic E-state index is 0.821. The summed E-state index contributed by atoms with van der Waals surface area (Å²) < 4.78 is 0. The third kappa shape index (κ3) is 3.71. The van der Waals surface area contributed by atoms with E-state index in [-0.39, 0.29) is 0 Å². The molecule has 0 aromatic rings. The van der Waals surface area contributed by atoms with Gasteiger partial charge in [-0.1, -0.05) is 40.0 Å². The van der Waals surface area contributed by atoms with E-state index in [1.807, 2.05) is 0 Å². The van der Waals surface area contributed by atoms with Crippen LogP contribution in [0.2, 0.25) is 0 Å². The van der Waals surface area contributed by atoms with E-state index in [4.69, 9.17) is 0 Å². The number of nitrogens with one attached hydrogen (secondary N) is 1. The summed E-state index contributed by atoms with van der Waals surface area (Å²) in [5.41, 5.74) is 0. The number of rotatable bonds is 3. The van der Waals surface area contributed by atoms with Crippen molar-refractivity contribution in [3.63, 3.8) is 0 Å². The van der Waals surface area contributed by atoms with Gasteiger partial charge in [-0.15, -0.1) is 0 Å². The van der Waals surface area contributed by atoms with Crippen LogP contribution in [-0.4, -0.2) is 12.1 Å². The number of hydrogen-bond donors (Lipinski definition) is 1. The maximum atomic E-state index is 3.97. The molecule has 2 aliphatic rings. The minimum Gasteiger partial charge on any atom is -0.311 e. The fourth-order valence-corrected chi connectivity index (χ4v) is 3.85. The Hall–Kier alpha value is -0.0400. The lowest BCUT2D eigenvalue weighted by molar-refractivity contribution is 0.189. The zero-order chi connectivity index (χ0) is 12.3. The van der Waals surface area contributed by atoms with Gasteiger partial charge in [0, 0.05) is 12.1 Å². The molecule has 0 aromatic heterocycles. The fraction of sp³-hybridized carbons (Fsp3) is 1.00. The Morgan fingerprint density at radius 2 is 1.65 bits per heavy atom. The zero-order valence-electron chi connectivity index (χ0n) is 12.0. The predicted octanol–water partition coefficient (Wildman–Crippen LogP) is 4.37. The topological polar surface area (TPSA) is 12.0 Å². The highest BCUT2D eigenvalue weighted by atomic mass is 15.0. The van der Waals surface area contributed by atoms with E-state index in [9.17, 15) is 0 Å². The summed E-state index contributed by atoms with van der Waals surface area (Å²) in [7, 11) is 0. The maximum Gasteiger partial charge on any atom is 0.00723 e. The van der Waals surface area contributed by atoms with Gasteiger partial charge in [-0.05, 0) is 49.9 Å². The van der Waals surface area contributed by atoms with E-state index in [0.29, 0.717) is 0 Å². The molecule has 2 fully saturated rings. The van der Waals surface area contributed by atoms with Crippen LogP contribution in [0.15, 0.2) is 0 Å². The highest BCUT2D eigenvalue weighted by molar-refractivity contribution is 4.85. The SMILES string of the molecule is CCC1CCCC(NC2CCC(C)C(C)C2)C1. The van der Waals surface area contributed by atoms with E-state index >= 15 is 0 Å². The first-order chi connectivity index (χ1) is 8.19. The first-order valence-electron chi connectivity index (χ1n) is 7.95. The molecule has 2 rings (SSSR count). The highest BCUT2D eigenvalue weighted by Crippen LogP contribution is 2.32. The summed E-state index contributed by atoms with van der Waals surface area (Å²) in [4.78, 5) is 0. The molecule has 5 unspecified atom stereocenters. The van der Waals surface area contributed by atoms with Crippen LogP contribution in [0.4, 0.5) is 0 Å². The molecule has 2 saturated carbocycles. The largest absolute Gasteiger partial charge is 0.311 e. The molecule has 100 valence electrons. The van der Waals surface area contributed by atoms with Gasteiger partial charge in [-0.25, -0.2) is 0 Å². The number of hydrogen-bond acceptors (Lipinski definition) is 1. The molecule has 1 N–H and O–H groups in total. The Labute approximate surface area is 108 Å². The molecule has 0 aromatic carbocycles. The van der Waals surface area contributed by atoms with Crippen LogP contribution in [0.3, 0.4) is 0 Å². The van der Waals surface area contributed by atoms with Gasteiger partial charge in [0.05, 0.1) is 0 Å². The van der Waals surface area contributed by atoms with Gasteiger partial charge in [-0.2, -0.15) is 0 Å². The summed E-state index contributed by atoms with van der Waals surface area (Å²) >= 11 is 0. The van der Waals surface area contributed by atoms with Crippen LogP contribution in [0, 0.1) is 17.8 Å². The molecule has 2 aliphatic carbocycles. The van der Waals surface area contributed by atoms with Crippen LogP contribution >= 0.6 is 0 Å². The lowest BCUT2D eigenvalue weighted by Gasteiger charge is -2.37. The van der Waals surface area contributed by atoms with Crippen LogP contribution < -0.4 is 5.32 Å². The van der Waals surface area contributed by atoms with Gasteiger partial charge in [-0.3, -0.25) is 0 Å². The van der Waals surface area contributed by atoms with E-state index in [1.165, 1.54) is 51.4 Å². The summed E-state index contributed by atoms with van der Waals surface area (Å²) in [5, 5.41) is 3.97. The van der Waals surface area contributed by atoms with Crippen LogP contribution in [-0.2, 0) is 0 Å². The quantitative estimate of drug-likeness (QED) is 0.768. The highest BCUT2D eigenvalue weighted by Gasteiger charge is 2.28. The second-order valence-electron chi connectivity index (χ2n) is 6.77. The first kappa shape index (κ1) is 13.4. The van der Waals surface area contributed by atoms with Crippen molar-refractivity contribution < 1.29 is 0 Å². The zero-order valence-corrected chi connectivity index (χ0v) is 12.0. The summed E-state index contributed by atoms with van der Waals surface area (Å²) in [6.07, 6.45) is 11.4. The van der Waals surface area contributed by atoms with Crippen molar-refractivity contribution in [1.29, 1.82) is 0 Å². The molecule has 0 spiro atoms. The van der Waals surface area contributed by atoms with Crippen molar-refractivity contribution in [2.75, 3.05) is 0 Å². The average Bonchev–Trinajstić information content (AvgIpc) is 2.34. The van der Waals surface area contributed by atoms with E-state index in [1.54, 1.807) is 0 Å². The van der Waals surface area contributed by atoms with Crippen molar-refractivity contribution in [2.24, 2.45) is 17.8 Å². The van der Waals surface area contributed by atoms with Crippen LogP contribution in [0.25, 0.3) is 0 Å². The smallest absolute Gasteiger partial charge is 0.00723 e. The molecule has 0 heterocycles. The van der Waals surface area contributed by atoms with Crippen molar-refractivity contribution in [3.8, 4) is 0 Å². The standard InChI is InChI=1S/C16H31N/c1-4-14-6-5-7-15(11-14)17-16-9-8-12(2)13(3)10-16/h12-17H,4-11H2,1-3H3. The summed E-state index contributed by atoms with van der Waals surface area (Å²) in [6.45, 7) is 7.22. The molecular formula is C16H31N. The molecule has 0 radical (unpaired) electrons. The lowest BCUT2D eigenvalue weighted by atomic mass is 9.78. The van der Waals surface area contributed by atoms with E-state index in [2.05, 4.69) is 26.1 Å². The van der Waals surface area contributed by atoms with Gasteiger partial charge in [0.1, 0.15) is 0 Å². The molecule has 5 atom stereocenters. The molecular weight excluding hydrogens is 206 g/mol. The van der Waals surface area contributed by atoms with Crippen molar-refractivity contribution in [3.05, 3.63) is 0 Å². The first-order valence-corrected chi connectivity index (χ1v) is 7.95.